The van der Waals surface area contributed by atoms with Crippen molar-refractivity contribution in [2.24, 2.45) is 0 Å². The van der Waals surface area contributed by atoms with Gasteiger partial charge in [-0.3, -0.25) is 4.79 Å². The first-order valence-electron chi connectivity index (χ1n) is 7.75. The number of carbonyl (C=O) groups is 1. The lowest BCUT2D eigenvalue weighted by Crippen LogP contribution is -2.18. The lowest BCUT2D eigenvalue weighted by molar-refractivity contribution is -0.112. The van der Waals surface area contributed by atoms with Gasteiger partial charge in [-0.25, -0.2) is 0 Å². The van der Waals surface area contributed by atoms with Gasteiger partial charge in [0.05, 0.1) is 0 Å². The summed E-state index contributed by atoms with van der Waals surface area (Å²) >= 11 is 1.20. The van der Waals surface area contributed by atoms with E-state index in [0.29, 0.717) is 5.76 Å². The monoisotopic (exact) mass is 324 g/mol. The van der Waals surface area contributed by atoms with Gasteiger partial charge < -0.3 is 4.74 Å². The largest absolute Gasteiger partial charge is 0.481 e. The molecule has 0 unspecified atom stereocenters. The van der Waals surface area contributed by atoms with E-state index in [1.807, 2.05) is 24.3 Å². The van der Waals surface area contributed by atoms with Gasteiger partial charge in [-0.05, 0) is 36.8 Å². The van der Waals surface area contributed by atoms with Crippen LogP contribution in [-0.4, -0.2) is 11.4 Å². The van der Waals surface area contributed by atoms with Crippen molar-refractivity contribution >= 4 is 16.9 Å². The molecule has 2 nitrogen and oxygen atoms in total. The molecule has 2 aromatic rings. The molecule has 0 spiro atoms. The maximum atomic E-state index is 12.1. The first-order chi connectivity index (χ1) is 11.2. The minimum atomic E-state index is -0.0862. The molecule has 0 fully saturated rings. The van der Waals surface area contributed by atoms with Crippen molar-refractivity contribution in [1.82, 2.24) is 0 Å². The van der Waals surface area contributed by atoms with Crippen molar-refractivity contribution in [2.45, 2.75) is 25.4 Å². The Morgan fingerprint density at radius 1 is 1.04 bits per heavy atom. The van der Waals surface area contributed by atoms with Crippen molar-refractivity contribution in [3.8, 4) is 0 Å². The Labute approximate surface area is 141 Å². The van der Waals surface area contributed by atoms with E-state index in [9.17, 15) is 4.79 Å². The SMILES string of the molecule is CSC(=O)C1=C[C@H](c2ccccc2)C[C@H](c2ccc(C)cc2)O1. The van der Waals surface area contributed by atoms with Gasteiger partial charge in [-0.2, -0.15) is 0 Å². The van der Waals surface area contributed by atoms with Crippen LogP contribution in [-0.2, 0) is 9.53 Å². The van der Waals surface area contributed by atoms with Crippen LogP contribution in [0, 0.1) is 6.92 Å². The Balaban J connectivity index is 1.93. The summed E-state index contributed by atoms with van der Waals surface area (Å²) in [5, 5.41) is -0.0113. The molecule has 23 heavy (non-hydrogen) atoms. The molecule has 0 N–H and O–H groups in total. The Bertz CT molecular complexity index is 704. The van der Waals surface area contributed by atoms with Crippen LogP contribution in [0.25, 0.3) is 0 Å². The minimum Gasteiger partial charge on any atom is -0.481 e. The maximum absolute atomic E-state index is 12.1. The number of ether oxygens (including phenoxy) is 1. The Kier molecular flexibility index (Phi) is 4.87. The lowest BCUT2D eigenvalue weighted by atomic mass is 9.88. The van der Waals surface area contributed by atoms with Crippen molar-refractivity contribution in [1.29, 1.82) is 0 Å². The number of benzene rings is 2. The van der Waals surface area contributed by atoms with Crippen LogP contribution in [0.1, 0.15) is 35.1 Å². The van der Waals surface area contributed by atoms with Crippen molar-refractivity contribution in [3.05, 3.63) is 83.1 Å². The second kappa shape index (κ2) is 7.05. The molecule has 0 bridgehead atoms. The lowest BCUT2D eigenvalue weighted by Gasteiger charge is -2.29. The van der Waals surface area contributed by atoms with Gasteiger partial charge in [-0.15, -0.1) is 0 Å². The van der Waals surface area contributed by atoms with Crippen molar-refractivity contribution < 1.29 is 9.53 Å². The summed E-state index contributed by atoms with van der Waals surface area (Å²) in [4.78, 5) is 12.1. The number of thioether (sulfide) groups is 1. The second-order valence-corrected chi connectivity index (χ2v) is 6.57. The van der Waals surface area contributed by atoms with Crippen molar-refractivity contribution in [2.75, 3.05) is 6.26 Å². The molecule has 3 heteroatoms. The molecule has 0 radical (unpaired) electrons. The predicted octanol–water partition coefficient (Wildman–Crippen LogP) is 5.01. The molecule has 1 aliphatic rings. The third-order valence-electron chi connectivity index (χ3n) is 4.15. The summed E-state index contributed by atoms with van der Waals surface area (Å²) in [6, 6.07) is 18.7. The Hall–Kier alpha value is -2.00. The summed E-state index contributed by atoms with van der Waals surface area (Å²) in [7, 11) is 0. The van der Waals surface area contributed by atoms with Gasteiger partial charge >= 0.3 is 0 Å². The van der Waals surface area contributed by atoms with E-state index in [0.717, 1.165) is 12.0 Å². The summed E-state index contributed by atoms with van der Waals surface area (Å²) in [5.41, 5.74) is 3.57. The number of aryl methyl sites for hydroxylation is 1. The zero-order valence-corrected chi connectivity index (χ0v) is 14.2. The van der Waals surface area contributed by atoms with E-state index in [2.05, 4.69) is 43.3 Å². The third-order valence-corrected chi connectivity index (χ3v) is 4.73. The van der Waals surface area contributed by atoms with E-state index in [1.165, 1.54) is 22.9 Å². The van der Waals surface area contributed by atoms with Crippen LogP contribution in [0.5, 0.6) is 0 Å². The van der Waals surface area contributed by atoms with Gasteiger partial charge in [0, 0.05) is 5.92 Å². The van der Waals surface area contributed by atoms with Gasteiger partial charge in [0.2, 0.25) is 0 Å². The van der Waals surface area contributed by atoms with E-state index < -0.39 is 0 Å². The smallest absolute Gasteiger partial charge is 0.253 e. The molecule has 2 aromatic carbocycles. The normalized spacial score (nSPS) is 20.5. The molecular weight excluding hydrogens is 304 g/mol. The number of rotatable bonds is 3. The highest BCUT2D eigenvalue weighted by molar-refractivity contribution is 8.13. The zero-order valence-electron chi connectivity index (χ0n) is 13.4. The van der Waals surface area contributed by atoms with Crippen LogP contribution in [0.3, 0.4) is 0 Å². The topological polar surface area (TPSA) is 26.3 Å². The minimum absolute atomic E-state index is 0.0113. The van der Waals surface area contributed by atoms with Gasteiger partial charge in [0.1, 0.15) is 6.10 Å². The summed E-state index contributed by atoms with van der Waals surface area (Å²) in [6.45, 7) is 2.07. The summed E-state index contributed by atoms with van der Waals surface area (Å²) < 4.78 is 6.01. The Morgan fingerprint density at radius 3 is 2.39 bits per heavy atom. The van der Waals surface area contributed by atoms with Crippen LogP contribution < -0.4 is 0 Å². The fourth-order valence-electron chi connectivity index (χ4n) is 2.86. The quantitative estimate of drug-likeness (QED) is 0.793. The van der Waals surface area contributed by atoms with Crippen LogP contribution in [0.2, 0.25) is 0 Å². The molecule has 3 rings (SSSR count). The molecule has 0 saturated carbocycles. The molecule has 1 aliphatic heterocycles. The highest BCUT2D eigenvalue weighted by atomic mass is 32.2. The van der Waals surface area contributed by atoms with Gasteiger partial charge in [0.25, 0.3) is 5.12 Å². The first-order valence-corrected chi connectivity index (χ1v) is 8.98. The van der Waals surface area contributed by atoms with Crippen LogP contribution in [0.15, 0.2) is 66.4 Å². The zero-order chi connectivity index (χ0) is 16.2. The van der Waals surface area contributed by atoms with Crippen LogP contribution in [0.4, 0.5) is 0 Å². The van der Waals surface area contributed by atoms with E-state index >= 15 is 0 Å². The number of allylic oxidation sites excluding steroid dienone is 1. The predicted molar refractivity (Wildman–Crippen MR) is 95.4 cm³/mol. The fourth-order valence-corrected chi connectivity index (χ4v) is 3.17. The maximum Gasteiger partial charge on any atom is 0.253 e. The van der Waals surface area contributed by atoms with E-state index in [1.54, 1.807) is 6.26 Å². The third kappa shape index (κ3) is 3.67. The number of hydrogen-bond donors (Lipinski definition) is 0. The summed E-state index contributed by atoms with van der Waals surface area (Å²) in [6.07, 6.45) is 4.52. The molecule has 0 saturated heterocycles. The van der Waals surface area contributed by atoms with Gasteiger partial charge in [0.15, 0.2) is 5.76 Å². The molecule has 0 amide bonds. The average Bonchev–Trinajstić information content (AvgIpc) is 2.62. The van der Waals surface area contributed by atoms with Gasteiger partial charge in [-0.1, -0.05) is 71.9 Å². The number of hydrogen-bond acceptors (Lipinski definition) is 3. The average molecular weight is 324 g/mol. The molecule has 1 heterocycles. The molecule has 0 aromatic heterocycles. The van der Waals surface area contributed by atoms with Crippen LogP contribution >= 0.6 is 11.8 Å². The number of carbonyl (C=O) groups excluding carboxylic acids is 1. The molecular formula is C20H20O2S. The standard InChI is InChI=1S/C20H20O2S/c1-14-8-10-16(11-9-14)18-12-17(15-6-4-3-5-7-15)13-19(22-18)20(21)23-2/h3-11,13,17-18H,12H2,1-2H3/t17-,18-/m1/s1. The van der Waals surface area contributed by atoms with E-state index in [4.69, 9.17) is 4.74 Å². The fraction of sp³-hybridized carbons (Fsp3) is 0.250. The second-order valence-electron chi connectivity index (χ2n) is 5.79. The van der Waals surface area contributed by atoms with E-state index in [-0.39, 0.29) is 17.1 Å². The molecule has 0 aliphatic carbocycles. The van der Waals surface area contributed by atoms with Crippen molar-refractivity contribution in [3.63, 3.8) is 0 Å². The first kappa shape index (κ1) is 15.9. The molecule has 2 atom stereocenters. The highest BCUT2D eigenvalue weighted by Gasteiger charge is 2.28. The summed E-state index contributed by atoms with van der Waals surface area (Å²) in [5.74, 6) is 0.672. The molecule has 118 valence electrons. The highest BCUT2D eigenvalue weighted by Crippen LogP contribution is 2.39. The Morgan fingerprint density at radius 2 is 1.74 bits per heavy atom.